The zero-order valence-corrected chi connectivity index (χ0v) is 7.68. The second kappa shape index (κ2) is 7.83. The van der Waals surface area contributed by atoms with Crippen LogP contribution in [0.1, 0.15) is 19.8 Å². The summed E-state index contributed by atoms with van der Waals surface area (Å²) >= 11 is 0. The van der Waals surface area contributed by atoms with Gasteiger partial charge in [0.2, 0.25) is 12.5 Å². The maximum absolute atomic E-state index is 10.8. The van der Waals surface area contributed by atoms with E-state index in [2.05, 4.69) is 6.92 Å². The molecule has 0 N–H and O–H groups in total. The van der Waals surface area contributed by atoms with Crippen molar-refractivity contribution >= 4 is 14.1 Å². The Balaban J connectivity index is 3.10. The third-order valence-electron chi connectivity index (χ3n) is 1.16. The van der Waals surface area contributed by atoms with Gasteiger partial charge in [0.1, 0.15) is 0 Å². The number of hydrogen-bond donors (Lipinski definition) is 0. The van der Waals surface area contributed by atoms with E-state index in [0.29, 0.717) is 12.9 Å². The van der Waals surface area contributed by atoms with Crippen LogP contribution in [0.3, 0.4) is 0 Å². The van der Waals surface area contributed by atoms with Crippen molar-refractivity contribution in [3.63, 3.8) is 0 Å². The van der Waals surface area contributed by atoms with Crippen LogP contribution in [0, 0.1) is 0 Å². The summed E-state index contributed by atoms with van der Waals surface area (Å²) < 4.78 is 15.8. The lowest BCUT2D eigenvalue weighted by atomic mass is 10.4. The summed E-state index contributed by atoms with van der Waals surface area (Å²) in [7, 11) is -1.44. The van der Waals surface area contributed by atoms with Crippen molar-refractivity contribution < 1.29 is 14.1 Å². The summed E-state index contributed by atoms with van der Waals surface area (Å²) in [6.07, 6.45) is 3.09. The van der Waals surface area contributed by atoms with Crippen molar-refractivity contribution in [3.8, 4) is 0 Å². The Bertz CT molecular complexity index is 125. The number of rotatable bonds is 7. The highest BCUT2D eigenvalue weighted by Gasteiger charge is 2.12. The van der Waals surface area contributed by atoms with Crippen LogP contribution in [-0.4, -0.2) is 25.4 Å². The molecular formula is C7H14O3P+. The first-order valence-corrected chi connectivity index (χ1v) is 5.37. The fraction of sp³-hybridized carbons (Fsp3) is 0.857. The first-order valence-electron chi connectivity index (χ1n) is 3.74. The van der Waals surface area contributed by atoms with E-state index in [1.54, 1.807) is 0 Å². The van der Waals surface area contributed by atoms with Crippen molar-refractivity contribution in [1.29, 1.82) is 0 Å². The van der Waals surface area contributed by atoms with E-state index in [9.17, 15) is 9.36 Å². The maximum Gasteiger partial charge on any atom is 0.374 e. The summed E-state index contributed by atoms with van der Waals surface area (Å²) in [6.45, 7) is 2.71. The second-order valence-electron chi connectivity index (χ2n) is 2.22. The van der Waals surface area contributed by atoms with Crippen molar-refractivity contribution in [2.45, 2.75) is 19.8 Å². The van der Waals surface area contributed by atoms with Crippen molar-refractivity contribution in [2.24, 2.45) is 0 Å². The van der Waals surface area contributed by atoms with E-state index in [-0.39, 0.29) is 12.5 Å². The molecule has 0 bridgehead atoms. The van der Waals surface area contributed by atoms with Gasteiger partial charge in [0.15, 0.2) is 6.29 Å². The maximum atomic E-state index is 10.8. The van der Waals surface area contributed by atoms with Crippen LogP contribution in [0.25, 0.3) is 0 Å². The Morgan fingerprint density at radius 3 is 2.82 bits per heavy atom. The Kier molecular flexibility index (Phi) is 7.64. The highest BCUT2D eigenvalue weighted by Crippen LogP contribution is 2.17. The molecule has 0 fully saturated rings. The summed E-state index contributed by atoms with van der Waals surface area (Å²) in [6, 6.07) is 0. The molecule has 1 atom stereocenters. The monoisotopic (exact) mass is 177 g/mol. The smallest absolute Gasteiger partial charge is 0.337 e. The number of aldehydes is 1. The van der Waals surface area contributed by atoms with Gasteiger partial charge in [-0.3, -0.25) is 4.79 Å². The highest BCUT2D eigenvalue weighted by atomic mass is 31.1. The molecule has 0 spiro atoms. The number of ether oxygens (including phenoxy) is 1. The number of hydrogen-bond acceptors (Lipinski definition) is 3. The number of carbonyl (C=O) groups excluding carboxylic acids is 1. The lowest BCUT2D eigenvalue weighted by Gasteiger charge is -1.93. The lowest BCUT2D eigenvalue weighted by Crippen LogP contribution is -1.94. The van der Waals surface area contributed by atoms with E-state index in [4.69, 9.17) is 4.74 Å². The van der Waals surface area contributed by atoms with Gasteiger partial charge in [-0.2, -0.15) is 0 Å². The molecule has 3 nitrogen and oxygen atoms in total. The first kappa shape index (κ1) is 10.7. The van der Waals surface area contributed by atoms with Crippen LogP contribution in [-0.2, 0) is 14.1 Å². The first-order chi connectivity index (χ1) is 5.31. The minimum absolute atomic E-state index is 0.126. The van der Waals surface area contributed by atoms with E-state index < -0.39 is 7.80 Å². The number of unbranched alkanes of at least 4 members (excludes halogenated alkanes) is 1. The van der Waals surface area contributed by atoms with Gasteiger partial charge in [-0.1, -0.05) is 17.9 Å². The minimum atomic E-state index is -1.44. The van der Waals surface area contributed by atoms with E-state index in [0.717, 1.165) is 12.8 Å². The SMILES string of the molecule is CCCCOC[P+](=O)CC=O. The van der Waals surface area contributed by atoms with Gasteiger partial charge in [-0.05, 0) is 6.42 Å². The van der Waals surface area contributed by atoms with Crippen LogP contribution in [0.2, 0.25) is 0 Å². The Hall–Kier alpha value is -0.270. The average Bonchev–Trinajstić information content (AvgIpc) is 1.99. The quantitative estimate of drug-likeness (QED) is 0.338. The average molecular weight is 177 g/mol. The Labute approximate surface area is 67.9 Å². The number of carbonyl (C=O) groups is 1. The minimum Gasteiger partial charge on any atom is -0.337 e. The summed E-state index contributed by atoms with van der Waals surface area (Å²) in [5, 5.41) is 0. The van der Waals surface area contributed by atoms with Crippen molar-refractivity contribution in [1.82, 2.24) is 0 Å². The molecule has 0 aromatic carbocycles. The highest BCUT2D eigenvalue weighted by molar-refractivity contribution is 7.45. The molecule has 0 aliphatic rings. The third kappa shape index (κ3) is 7.63. The molecule has 64 valence electrons. The van der Waals surface area contributed by atoms with Crippen LogP contribution in [0.15, 0.2) is 0 Å². The van der Waals surface area contributed by atoms with Gasteiger partial charge in [-0.25, -0.2) is 0 Å². The zero-order valence-electron chi connectivity index (χ0n) is 6.78. The normalized spacial score (nSPS) is 11.2. The Morgan fingerprint density at radius 2 is 2.27 bits per heavy atom. The molecule has 0 radical (unpaired) electrons. The van der Waals surface area contributed by atoms with Crippen LogP contribution < -0.4 is 0 Å². The molecule has 0 saturated carbocycles. The van der Waals surface area contributed by atoms with Crippen molar-refractivity contribution in [2.75, 3.05) is 19.1 Å². The summed E-state index contributed by atoms with van der Waals surface area (Å²) in [5.74, 6) is 0. The fourth-order valence-electron chi connectivity index (χ4n) is 0.549. The standard InChI is InChI=1S/C7H14O3P/c1-2-3-5-10-7-11(9)6-4-8/h4H,2-3,5-7H2,1H3/q+1. The topological polar surface area (TPSA) is 43.4 Å². The molecule has 1 unspecified atom stereocenters. The van der Waals surface area contributed by atoms with Gasteiger partial charge in [-0.15, -0.1) is 0 Å². The summed E-state index contributed by atoms with van der Waals surface area (Å²) in [4.78, 5) is 9.86. The fourth-order valence-corrected chi connectivity index (χ4v) is 1.15. The lowest BCUT2D eigenvalue weighted by molar-refractivity contribution is -0.105. The predicted octanol–water partition coefficient (Wildman–Crippen LogP) is 1.79. The molecule has 0 saturated heterocycles. The largest absolute Gasteiger partial charge is 0.374 e. The molecule has 0 heterocycles. The van der Waals surface area contributed by atoms with Gasteiger partial charge in [0, 0.05) is 0 Å². The molecule has 0 aromatic heterocycles. The molecule has 4 heteroatoms. The molecule has 0 aliphatic carbocycles. The van der Waals surface area contributed by atoms with Crippen molar-refractivity contribution in [3.05, 3.63) is 0 Å². The molecule has 0 aliphatic heterocycles. The molecule has 0 aromatic rings. The van der Waals surface area contributed by atoms with Crippen LogP contribution >= 0.6 is 7.80 Å². The Morgan fingerprint density at radius 1 is 1.55 bits per heavy atom. The van der Waals surface area contributed by atoms with Crippen LogP contribution in [0.4, 0.5) is 0 Å². The van der Waals surface area contributed by atoms with Crippen LogP contribution in [0.5, 0.6) is 0 Å². The zero-order chi connectivity index (χ0) is 8.53. The second-order valence-corrected chi connectivity index (χ2v) is 3.81. The van der Waals surface area contributed by atoms with Gasteiger partial charge in [0.25, 0.3) is 0 Å². The van der Waals surface area contributed by atoms with E-state index >= 15 is 0 Å². The predicted molar refractivity (Wildman–Crippen MR) is 44.3 cm³/mol. The van der Waals surface area contributed by atoms with Gasteiger partial charge < -0.3 is 4.74 Å². The molecule has 0 amide bonds. The molecule has 11 heavy (non-hydrogen) atoms. The van der Waals surface area contributed by atoms with Gasteiger partial charge in [0.05, 0.1) is 6.61 Å². The summed E-state index contributed by atoms with van der Waals surface area (Å²) in [5.41, 5.74) is 0. The molecular weight excluding hydrogens is 163 g/mol. The third-order valence-corrected chi connectivity index (χ3v) is 2.18. The molecule has 0 rings (SSSR count). The van der Waals surface area contributed by atoms with E-state index in [1.807, 2.05) is 0 Å². The van der Waals surface area contributed by atoms with E-state index in [1.165, 1.54) is 0 Å². The van der Waals surface area contributed by atoms with Gasteiger partial charge >= 0.3 is 7.80 Å².